The third-order valence-electron chi connectivity index (χ3n) is 2.29. The van der Waals surface area contributed by atoms with Crippen molar-refractivity contribution in [3.05, 3.63) is 23.1 Å². The van der Waals surface area contributed by atoms with Gasteiger partial charge in [0.1, 0.15) is 5.69 Å². The highest BCUT2D eigenvalue weighted by Crippen LogP contribution is 2.37. The lowest BCUT2D eigenvalue weighted by molar-refractivity contribution is 0.387. The summed E-state index contributed by atoms with van der Waals surface area (Å²) in [6.07, 6.45) is 5.74. The maximum absolute atomic E-state index is 10.8. The molecule has 0 aromatic carbocycles. The molecule has 0 saturated heterocycles. The first-order valence-electron chi connectivity index (χ1n) is 4.43. The molecule has 0 aliphatic heterocycles. The molecule has 1 aliphatic rings. The van der Waals surface area contributed by atoms with E-state index in [0.29, 0.717) is 11.9 Å². The van der Waals surface area contributed by atoms with Gasteiger partial charge in [-0.1, -0.05) is 5.16 Å². The summed E-state index contributed by atoms with van der Waals surface area (Å²) in [6, 6.07) is 0.507. The number of hydrogen-bond acceptors (Lipinski definition) is 4. The standard InChI is InChI=1S/C8H8N4O2/c13-8-10-7(11-14-8)6-3-9-4-12(6)5-1-2-5/h3-5H,1-2H2,(H,10,11,13). The summed E-state index contributed by atoms with van der Waals surface area (Å²) in [5.74, 6) is -0.0945. The Kier molecular flexibility index (Phi) is 1.38. The van der Waals surface area contributed by atoms with Crippen molar-refractivity contribution in [2.45, 2.75) is 18.9 Å². The summed E-state index contributed by atoms with van der Waals surface area (Å²) in [5, 5.41) is 3.63. The lowest BCUT2D eigenvalue weighted by atomic mass is 10.4. The van der Waals surface area contributed by atoms with E-state index < -0.39 is 5.76 Å². The van der Waals surface area contributed by atoms with Crippen LogP contribution in [0.5, 0.6) is 0 Å². The van der Waals surface area contributed by atoms with E-state index in [0.717, 1.165) is 18.5 Å². The molecule has 2 aromatic heterocycles. The van der Waals surface area contributed by atoms with Gasteiger partial charge in [-0.15, -0.1) is 0 Å². The summed E-state index contributed by atoms with van der Waals surface area (Å²) in [4.78, 5) is 17.3. The van der Waals surface area contributed by atoms with Crippen LogP contribution in [0, 0.1) is 0 Å². The minimum Gasteiger partial charge on any atom is -0.325 e. The number of aromatic amines is 1. The van der Waals surface area contributed by atoms with Crippen LogP contribution in [-0.4, -0.2) is 19.7 Å². The molecule has 6 heteroatoms. The van der Waals surface area contributed by atoms with Gasteiger partial charge in [0, 0.05) is 6.04 Å². The maximum Gasteiger partial charge on any atom is 0.439 e. The smallest absolute Gasteiger partial charge is 0.325 e. The molecule has 0 bridgehead atoms. The van der Waals surface area contributed by atoms with Gasteiger partial charge in [-0.25, -0.2) is 9.78 Å². The van der Waals surface area contributed by atoms with Gasteiger partial charge in [0.2, 0.25) is 5.82 Å². The second-order valence-electron chi connectivity index (χ2n) is 3.36. The Morgan fingerprint density at radius 3 is 3.07 bits per heavy atom. The van der Waals surface area contributed by atoms with Crippen molar-refractivity contribution in [3.8, 4) is 11.5 Å². The van der Waals surface area contributed by atoms with E-state index in [1.165, 1.54) is 0 Å². The van der Waals surface area contributed by atoms with E-state index in [4.69, 9.17) is 0 Å². The van der Waals surface area contributed by atoms with Crippen LogP contribution in [0.25, 0.3) is 11.5 Å². The van der Waals surface area contributed by atoms with Gasteiger partial charge in [-0.3, -0.25) is 9.51 Å². The van der Waals surface area contributed by atoms with Crippen molar-refractivity contribution in [3.63, 3.8) is 0 Å². The lowest BCUT2D eigenvalue weighted by Gasteiger charge is -2.00. The van der Waals surface area contributed by atoms with E-state index in [1.54, 1.807) is 12.5 Å². The molecular weight excluding hydrogens is 184 g/mol. The lowest BCUT2D eigenvalue weighted by Crippen LogP contribution is -1.98. The quantitative estimate of drug-likeness (QED) is 0.754. The van der Waals surface area contributed by atoms with Gasteiger partial charge >= 0.3 is 5.76 Å². The van der Waals surface area contributed by atoms with Crippen LogP contribution in [0.15, 0.2) is 21.8 Å². The second-order valence-corrected chi connectivity index (χ2v) is 3.36. The Labute approximate surface area is 78.6 Å². The zero-order chi connectivity index (χ0) is 9.54. The molecule has 1 saturated carbocycles. The summed E-state index contributed by atoms with van der Waals surface area (Å²) in [5.41, 5.74) is 0.804. The third kappa shape index (κ3) is 1.07. The van der Waals surface area contributed by atoms with Gasteiger partial charge in [0.15, 0.2) is 0 Å². The zero-order valence-corrected chi connectivity index (χ0v) is 7.30. The van der Waals surface area contributed by atoms with Crippen LogP contribution >= 0.6 is 0 Å². The van der Waals surface area contributed by atoms with E-state index in [1.807, 2.05) is 4.57 Å². The fourth-order valence-electron chi connectivity index (χ4n) is 1.47. The first-order valence-corrected chi connectivity index (χ1v) is 4.43. The molecule has 6 nitrogen and oxygen atoms in total. The van der Waals surface area contributed by atoms with E-state index >= 15 is 0 Å². The fraction of sp³-hybridized carbons (Fsp3) is 0.375. The molecule has 3 rings (SSSR count). The summed E-state index contributed by atoms with van der Waals surface area (Å²) < 4.78 is 6.45. The summed E-state index contributed by atoms with van der Waals surface area (Å²) in [6.45, 7) is 0. The third-order valence-corrected chi connectivity index (χ3v) is 2.29. The normalized spacial score (nSPS) is 16.0. The molecule has 1 aliphatic carbocycles. The number of imidazole rings is 1. The summed E-state index contributed by atoms with van der Waals surface area (Å²) in [7, 11) is 0. The van der Waals surface area contributed by atoms with Crippen LogP contribution in [0.4, 0.5) is 0 Å². The number of nitrogens with zero attached hydrogens (tertiary/aromatic N) is 3. The molecule has 0 spiro atoms. The first kappa shape index (κ1) is 7.54. The van der Waals surface area contributed by atoms with E-state index in [9.17, 15) is 4.79 Å². The van der Waals surface area contributed by atoms with Crippen molar-refractivity contribution >= 4 is 0 Å². The van der Waals surface area contributed by atoms with Crippen molar-refractivity contribution in [1.82, 2.24) is 19.7 Å². The van der Waals surface area contributed by atoms with Crippen molar-refractivity contribution in [1.29, 1.82) is 0 Å². The Balaban J connectivity index is 2.10. The van der Waals surface area contributed by atoms with Crippen molar-refractivity contribution in [2.24, 2.45) is 0 Å². The van der Waals surface area contributed by atoms with Gasteiger partial charge in [0.25, 0.3) is 0 Å². The minimum absolute atomic E-state index is 0.444. The number of nitrogens with one attached hydrogen (secondary N) is 1. The average molecular weight is 192 g/mol. The minimum atomic E-state index is -0.538. The number of aromatic nitrogens is 4. The van der Waals surface area contributed by atoms with Crippen LogP contribution in [0.2, 0.25) is 0 Å². The first-order chi connectivity index (χ1) is 6.84. The number of rotatable bonds is 2. The largest absolute Gasteiger partial charge is 0.439 e. The molecular formula is C8H8N4O2. The molecule has 0 radical (unpaired) electrons. The Hall–Kier alpha value is -1.85. The van der Waals surface area contributed by atoms with E-state index in [2.05, 4.69) is 19.6 Å². The highest BCUT2D eigenvalue weighted by molar-refractivity contribution is 5.47. The zero-order valence-electron chi connectivity index (χ0n) is 7.30. The van der Waals surface area contributed by atoms with E-state index in [-0.39, 0.29) is 0 Å². The molecule has 0 atom stereocenters. The molecule has 2 heterocycles. The molecule has 0 unspecified atom stereocenters. The number of hydrogen-bond donors (Lipinski definition) is 1. The van der Waals surface area contributed by atoms with Crippen LogP contribution in [0.1, 0.15) is 18.9 Å². The topological polar surface area (TPSA) is 76.7 Å². The fourth-order valence-corrected chi connectivity index (χ4v) is 1.47. The SMILES string of the molecule is O=c1[nH]c(-c2cncn2C2CC2)no1. The van der Waals surface area contributed by atoms with Crippen LogP contribution in [0.3, 0.4) is 0 Å². The van der Waals surface area contributed by atoms with Crippen molar-refractivity contribution in [2.75, 3.05) is 0 Å². The Bertz CT molecular complexity index is 505. The Morgan fingerprint density at radius 1 is 1.57 bits per heavy atom. The summed E-state index contributed by atoms with van der Waals surface area (Å²) >= 11 is 0. The molecule has 1 fully saturated rings. The predicted molar refractivity (Wildman–Crippen MR) is 46.6 cm³/mol. The number of H-pyrrole nitrogens is 1. The van der Waals surface area contributed by atoms with Crippen LogP contribution in [-0.2, 0) is 0 Å². The van der Waals surface area contributed by atoms with Crippen molar-refractivity contribution < 1.29 is 4.52 Å². The molecule has 72 valence electrons. The van der Waals surface area contributed by atoms with Gasteiger partial charge < -0.3 is 4.57 Å². The highest BCUT2D eigenvalue weighted by Gasteiger charge is 2.26. The van der Waals surface area contributed by atoms with Gasteiger partial charge in [-0.05, 0) is 12.8 Å². The molecule has 0 amide bonds. The molecule has 1 N–H and O–H groups in total. The monoisotopic (exact) mass is 192 g/mol. The maximum atomic E-state index is 10.8. The Morgan fingerprint density at radius 2 is 2.43 bits per heavy atom. The van der Waals surface area contributed by atoms with Gasteiger partial charge in [-0.2, -0.15) is 0 Å². The molecule has 14 heavy (non-hydrogen) atoms. The van der Waals surface area contributed by atoms with Crippen LogP contribution < -0.4 is 5.76 Å². The van der Waals surface area contributed by atoms with Gasteiger partial charge in [0.05, 0.1) is 12.5 Å². The second kappa shape index (κ2) is 2.57. The molecule has 2 aromatic rings. The average Bonchev–Trinajstić information content (AvgIpc) is 2.75. The highest BCUT2D eigenvalue weighted by atomic mass is 16.5. The predicted octanol–water partition coefficient (Wildman–Crippen LogP) is 0.561.